The molecule has 0 radical (unpaired) electrons. The Hall–Kier alpha value is -2.68. The number of hydrogen-bond donors (Lipinski definition) is 1. The van der Waals surface area contributed by atoms with Crippen LogP contribution in [0.1, 0.15) is 11.1 Å². The Labute approximate surface area is 194 Å². The maximum atomic E-state index is 13.3. The van der Waals surface area contributed by atoms with E-state index in [9.17, 15) is 13.2 Å². The monoisotopic (exact) mass is 519 g/mol. The Morgan fingerprint density at radius 1 is 1.10 bits per heavy atom. The maximum absolute atomic E-state index is 13.3. The highest BCUT2D eigenvalue weighted by Crippen LogP contribution is 2.27. The number of benzene rings is 3. The third kappa shape index (κ3) is 5.72. The average Bonchev–Trinajstić information content (AvgIpc) is 2.76. The van der Waals surface area contributed by atoms with E-state index in [-0.39, 0.29) is 10.6 Å². The molecule has 0 saturated heterocycles. The van der Waals surface area contributed by atoms with Crippen LogP contribution in [0.5, 0.6) is 0 Å². The van der Waals surface area contributed by atoms with E-state index in [4.69, 9.17) is 11.6 Å². The summed E-state index contributed by atoms with van der Waals surface area (Å²) in [5.41, 5.74) is 4.22. The van der Waals surface area contributed by atoms with Gasteiger partial charge >= 0.3 is 0 Å². The summed E-state index contributed by atoms with van der Waals surface area (Å²) in [7, 11) is -4.01. The van der Waals surface area contributed by atoms with Gasteiger partial charge in [0.15, 0.2) is 0 Å². The molecule has 160 valence electrons. The fourth-order valence-corrected chi connectivity index (χ4v) is 4.69. The van der Waals surface area contributed by atoms with Crippen molar-refractivity contribution in [1.82, 2.24) is 5.43 Å². The van der Waals surface area contributed by atoms with Gasteiger partial charge in [-0.2, -0.15) is 5.10 Å². The van der Waals surface area contributed by atoms with E-state index < -0.39 is 22.5 Å². The number of nitrogens with zero attached hydrogens (tertiary/aromatic N) is 2. The minimum atomic E-state index is -4.01. The van der Waals surface area contributed by atoms with Gasteiger partial charge in [0.1, 0.15) is 6.54 Å². The molecule has 0 saturated carbocycles. The Balaban J connectivity index is 1.87. The molecule has 0 aromatic heterocycles. The summed E-state index contributed by atoms with van der Waals surface area (Å²) < 4.78 is 28.4. The van der Waals surface area contributed by atoms with Crippen LogP contribution in [0, 0.1) is 6.92 Å². The summed E-state index contributed by atoms with van der Waals surface area (Å²) in [6.07, 6.45) is 1.47. The summed E-state index contributed by atoms with van der Waals surface area (Å²) in [6, 6.07) is 20.1. The normalized spacial score (nSPS) is 11.5. The van der Waals surface area contributed by atoms with Crippen molar-refractivity contribution < 1.29 is 13.2 Å². The van der Waals surface area contributed by atoms with Crippen LogP contribution < -0.4 is 9.73 Å². The second-order valence-corrected chi connectivity index (χ2v) is 9.70. The van der Waals surface area contributed by atoms with Gasteiger partial charge in [-0.1, -0.05) is 70.0 Å². The molecule has 0 spiro atoms. The molecule has 6 nitrogen and oxygen atoms in total. The molecule has 0 fully saturated rings. The second kappa shape index (κ2) is 10.1. The van der Waals surface area contributed by atoms with E-state index in [0.29, 0.717) is 5.02 Å². The van der Waals surface area contributed by atoms with Gasteiger partial charge < -0.3 is 0 Å². The van der Waals surface area contributed by atoms with Crippen LogP contribution in [0.25, 0.3) is 0 Å². The Bertz CT molecular complexity index is 1220. The minimum Gasteiger partial charge on any atom is -0.271 e. The third-order valence-corrected chi connectivity index (χ3v) is 7.28. The van der Waals surface area contributed by atoms with Crippen molar-refractivity contribution >= 4 is 55.4 Å². The molecular weight excluding hydrogens is 502 g/mol. The molecule has 0 unspecified atom stereocenters. The van der Waals surface area contributed by atoms with Crippen LogP contribution >= 0.6 is 27.5 Å². The fraction of sp³-hybridized carbons (Fsp3) is 0.0909. The lowest BCUT2D eigenvalue weighted by molar-refractivity contribution is -0.119. The highest BCUT2D eigenvalue weighted by molar-refractivity contribution is 9.10. The van der Waals surface area contributed by atoms with E-state index in [0.717, 1.165) is 19.9 Å². The molecule has 1 amide bonds. The summed E-state index contributed by atoms with van der Waals surface area (Å²) >= 11 is 9.60. The number of sulfonamides is 1. The molecule has 0 heterocycles. The third-order valence-electron chi connectivity index (χ3n) is 4.36. The minimum absolute atomic E-state index is 0.0659. The average molecular weight is 521 g/mol. The Morgan fingerprint density at radius 2 is 1.77 bits per heavy atom. The molecule has 0 bridgehead atoms. The summed E-state index contributed by atoms with van der Waals surface area (Å²) in [4.78, 5) is 12.6. The van der Waals surface area contributed by atoms with E-state index >= 15 is 0 Å². The molecule has 0 aliphatic rings. The number of rotatable bonds is 7. The van der Waals surface area contributed by atoms with Crippen molar-refractivity contribution in [3.63, 3.8) is 0 Å². The van der Waals surface area contributed by atoms with Gasteiger partial charge in [0, 0.05) is 15.1 Å². The van der Waals surface area contributed by atoms with E-state index in [2.05, 4.69) is 26.5 Å². The number of carbonyl (C=O) groups is 1. The molecule has 1 N–H and O–H groups in total. The van der Waals surface area contributed by atoms with Crippen LogP contribution in [-0.4, -0.2) is 27.1 Å². The van der Waals surface area contributed by atoms with Crippen molar-refractivity contribution in [1.29, 1.82) is 0 Å². The number of amides is 1. The quantitative estimate of drug-likeness (QED) is 0.360. The van der Waals surface area contributed by atoms with Crippen molar-refractivity contribution in [2.24, 2.45) is 5.10 Å². The van der Waals surface area contributed by atoms with Crippen molar-refractivity contribution in [3.8, 4) is 0 Å². The van der Waals surface area contributed by atoms with Crippen molar-refractivity contribution in [2.75, 3.05) is 10.8 Å². The van der Waals surface area contributed by atoms with E-state index in [1.54, 1.807) is 30.3 Å². The first-order valence-electron chi connectivity index (χ1n) is 9.19. The molecule has 0 atom stereocenters. The standard InChI is InChI=1S/C22H19BrClN3O3S/c1-16-11-12-18(13-21(16)24)27(31(29,30)19-8-3-2-4-9-19)15-22(28)26-25-14-17-7-5-6-10-20(17)23/h2-14H,15H2,1H3,(H,26,28)/b25-14-. The topological polar surface area (TPSA) is 78.8 Å². The van der Waals surface area contributed by atoms with Gasteiger partial charge in [-0.05, 0) is 42.8 Å². The molecule has 0 aliphatic heterocycles. The molecule has 9 heteroatoms. The number of hydrazone groups is 1. The zero-order valence-corrected chi connectivity index (χ0v) is 19.7. The smallest absolute Gasteiger partial charge is 0.264 e. The predicted octanol–water partition coefficient (Wildman–Crippen LogP) is 4.76. The highest BCUT2D eigenvalue weighted by atomic mass is 79.9. The molecule has 3 aromatic carbocycles. The van der Waals surface area contributed by atoms with E-state index in [1.165, 1.54) is 24.4 Å². The number of carbonyl (C=O) groups excluding carboxylic acids is 1. The second-order valence-electron chi connectivity index (χ2n) is 6.57. The molecule has 0 aliphatic carbocycles. The predicted molar refractivity (Wildman–Crippen MR) is 127 cm³/mol. The molecular formula is C22H19BrClN3O3S. The van der Waals surface area contributed by atoms with Gasteiger partial charge in [-0.25, -0.2) is 13.8 Å². The zero-order chi connectivity index (χ0) is 22.4. The number of hydrogen-bond acceptors (Lipinski definition) is 4. The number of anilines is 1. The number of nitrogens with one attached hydrogen (secondary N) is 1. The Kier molecular flexibility index (Phi) is 7.48. The first-order chi connectivity index (χ1) is 14.8. The maximum Gasteiger partial charge on any atom is 0.264 e. The van der Waals surface area contributed by atoms with Gasteiger partial charge in [0.2, 0.25) is 0 Å². The first kappa shape index (κ1) is 23.0. The van der Waals surface area contributed by atoms with Crippen LogP contribution in [0.3, 0.4) is 0 Å². The lowest BCUT2D eigenvalue weighted by Crippen LogP contribution is -2.39. The lowest BCUT2D eigenvalue weighted by atomic mass is 10.2. The molecule has 3 aromatic rings. The lowest BCUT2D eigenvalue weighted by Gasteiger charge is -2.24. The summed E-state index contributed by atoms with van der Waals surface area (Å²) in [5.74, 6) is -0.598. The van der Waals surface area contributed by atoms with Crippen molar-refractivity contribution in [3.05, 3.63) is 93.4 Å². The fourth-order valence-electron chi connectivity index (χ4n) is 2.69. The largest absolute Gasteiger partial charge is 0.271 e. The Morgan fingerprint density at radius 3 is 2.45 bits per heavy atom. The van der Waals surface area contributed by atoms with Gasteiger partial charge in [-0.3, -0.25) is 9.10 Å². The van der Waals surface area contributed by atoms with Gasteiger partial charge in [-0.15, -0.1) is 0 Å². The summed E-state index contributed by atoms with van der Waals surface area (Å²) in [6.45, 7) is 1.34. The van der Waals surface area contributed by atoms with E-state index in [1.807, 2.05) is 31.2 Å². The molecule has 3 rings (SSSR count). The highest BCUT2D eigenvalue weighted by Gasteiger charge is 2.27. The first-order valence-corrected chi connectivity index (χ1v) is 11.8. The number of aryl methyl sites for hydroxylation is 1. The zero-order valence-electron chi connectivity index (χ0n) is 16.5. The van der Waals surface area contributed by atoms with Gasteiger partial charge in [0.25, 0.3) is 15.9 Å². The van der Waals surface area contributed by atoms with Gasteiger partial charge in [0.05, 0.1) is 16.8 Å². The van der Waals surface area contributed by atoms with Crippen LogP contribution in [0.2, 0.25) is 5.02 Å². The summed E-state index contributed by atoms with van der Waals surface area (Å²) in [5, 5.41) is 4.33. The molecule has 31 heavy (non-hydrogen) atoms. The van der Waals surface area contributed by atoms with Crippen molar-refractivity contribution in [2.45, 2.75) is 11.8 Å². The van der Waals surface area contributed by atoms with Crippen LogP contribution in [0.15, 0.2) is 87.3 Å². The van der Waals surface area contributed by atoms with Crippen LogP contribution in [0.4, 0.5) is 5.69 Å². The van der Waals surface area contributed by atoms with Crippen LogP contribution in [-0.2, 0) is 14.8 Å². The number of halogens is 2. The SMILES string of the molecule is Cc1ccc(N(CC(=O)N/N=C\c2ccccc2Br)S(=O)(=O)c2ccccc2)cc1Cl.